The van der Waals surface area contributed by atoms with Crippen LogP contribution in [0.15, 0.2) is 68.4 Å². The molecule has 2 aliphatic heterocycles. The molecular weight excluding hydrogens is 645 g/mol. The van der Waals surface area contributed by atoms with Crippen LogP contribution in [-0.4, -0.2) is 78.4 Å². The predicted octanol–water partition coefficient (Wildman–Crippen LogP) is 5.00. The van der Waals surface area contributed by atoms with Gasteiger partial charge in [0, 0.05) is 39.3 Å². The van der Waals surface area contributed by atoms with Crippen molar-refractivity contribution in [3.8, 4) is 0 Å². The van der Waals surface area contributed by atoms with Gasteiger partial charge in [-0.15, -0.1) is 0 Å². The number of benzene rings is 2. The Hall–Kier alpha value is -3.64. The van der Waals surface area contributed by atoms with Crippen LogP contribution in [0.2, 0.25) is 0 Å². The Morgan fingerprint density at radius 1 is 0.625 bits per heavy atom. The summed E-state index contributed by atoms with van der Waals surface area (Å²) in [5.41, 5.74) is 0.676. The first-order chi connectivity index (χ1) is 23.1. The molecule has 4 heterocycles. The van der Waals surface area contributed by atoms with Crippen LogP contribution in [0, 0.1) is 23.7 Å². The lowest BCUT2D eigenvalue weighted by Gasteiger charge is -2.35. The minimum Gasteiger partial charge on any atom is -0.341 e. The van der Waals surface area contributed by atoms with E-state index in [2.05, 4.69) is 27.7 Å². The van der Waals surface area contributed by atoms with Crippen LogP contribution in [0.5, 0.6) is 0 Å². The standard InChI is InChI=1S/C36H44N6O4S2/c1-23-15-24(2)18-39(17-23)31(43)21-47-35-37-29-11-7-5-9-27(29)33(45)41(35)13-14-42-34(46)28-10-6-8-12-30(28)38-36(42)48-22-32(44)40-19-25(3)16-26(4)20-40/h5-12,23-26H,13-22H2,1-4H3. The summed E-state index contributed by atoms with van der Waals surface area (Å²) >= 11 is 2.52. The molecule has 2 aromatic heterocycles. The molecule has 0 spiro atoms. The quantitative estimate of drug-likeness (QED) is 0.179. The van der Waals surface area contributed by atoms with Crippen LogP contribution in [0.3, 0.4) is 0 Å². The molecule has 4 unspecified atom stereocenters. The first-order valence-corrected chi connectivity index (χ1v) is 18.8. The van der Waals surface area contributed by atoms with Crippen molar-refractivity contribution < 1.29 is 9.59 Å². The van der Waals surface area contributed by atoms with Crippen molar-refractivity contribution in [1.29, 1.82) is 0 Å². The number of aromatic nitrogens is 4. The maximum atomic E-state index is 13.9. The van der Waals surface area contributed by atoms with Crippen LogP contribution in [0.1, 0.15) is 40.5 Å². The summed E-state index contributed by atoms with van der Waals surface area (Å²) in [7, 11) is 0. The summed E-state index contributed by atoms with van der Waals surface area (Å²) in [4.78, 5) is 67.8. The minimum absolute atomic E-state index is 0.0307. The number of para-hydroxylation sites is 2. The highest BCUT2D eigenvalue weighted by Crippen LogP contribution is 2.26. The number of thioether (sulfide) groups is 2. The van der Waals surface area contributed by atoms with Crippen LogP contribution >= 0.6 is 23.5 Å². The SMILES string of the molecule is CC1CC(C)CN(C(=O)CSc2nc3ccccc3c(=O)n2CCn2c(SCC(=O)N3CC(C)CC(C)C3)nc3ccccc3c2=O)C1. The van der Waals surface area contributed by atoms with E-state index in [4.69, 9.17) is 9.97 Å². The van der Waals surface area contributed by atoms with Gasteiger partial charge in [-0.25, -0.2) is 9.97 Å². The lowest BCUT2D eigenvalue weighted by Crippen LogP contribution is -2.43. The Labute approximate surface area is 289 Å². The second-order valence-corrected chi connectivity index (χ2v) is 15.7. The zero-order chi connectivity index (χ0) is 33.9. The van der Waals surface area contributed by atoms with E-state index in [1.165, 1.54) is 23.5 Å². The van der Waals surface area contributed by atoms with Crippen LogP contribution in [-0.2, 0) is 22.7 Å². The molecule has 2 amide bonds. The molecule has 2 fully saturated rings. The van der Waals surface area contributed by atoms with E-state index in [-0.39, 0.29) is 47.5 Å². The number of carbonyl (C=O) groups is 2. The van der Waals surface area contributed by atoms with Crippen molar-refractivity contribution >= 4 is 57.1 Å². The summed E-state index contributed by atoms with van der Waals surface area (Å²) in [6.45, 7) is 11.9. The minimum atomic E-state index is -0.227. The van der Waals surface area contributed by atoms with E-state index >= 15 is 0 Å². The highest BCUT2D eigenvalue weighted by atomic mass is 32.2. The molecule has 2 aliphatic rings. The summed E-state index contributed by atoms with van der Waals surface area (Å²) in [6.07, 6.45) is 2.22. The smallest absolute Gasteiger partial charge is 0.262 e. The summed E-state index contributed by atoms with van der Waals surface area (Å²) in [6, 6.07) is 14.4. The largest absolute Gasteiger partial charge is 0.341 e. The van der Waals surface area contributed by atoms with Gasteiger partial charge in [0.15, 0.2) is 10.3 Å². The molecule has 12 heteroatoms. The van der Waals surface area contributed by atoms with E-state index in [0.29, 0.717) is 55.8 Å². The van der Waals surface area contributed by atoms with Crippen LogP contribution in [0.25, 0.3) is 21.8 Å². The summed E-state index contributed by atoms with van der Waals surface area (Å²) in [5.74, 6) is 2.18. The Balaban J connectivity index is 1.28. The highest BCUT2D eigenvalue weighted by Gasteiger charge is 2.27. The number of amides is 2. The van der Waals surface area contributed by atoms with Gasteiger partial charge < -0.3 is 9.80 Å². The Kier molecular flexibility index (Phi) is 10.6. The molecule has 0 N–H and O–H groups in total. The Bertz CT molecular complexity index is 1780. The van der Waals surface area contributed by atoms with Crippen molar-refractivity contribution in [2.45, 2.75) is 63.9 Å². The molecule has 2 aromatic carbocycles. The van der Waals surface area contributed by atoms with E-state index in [1.54, 1.807) is 45.5 Å². The number of hydrogen-bond acceptors (Lipinski definition) is 8. The highest BCUT2D eigenvalue weighted by molar-refractivity contribution is 8.00. The van der Waals surface area contributed by atoms with Crippen molar-refractivity contribution in [2.75, 3.05) is 37.7 Å². The van der Waals surface area contributed by atoms with E-state index in [1.807, 2.05) is 21.9 Å². The molecule has 0 bridgehead atoms. The van der Waals surface area contributed by atoms with Gasteiger partial charge in [-0.1, -0.05) is 75.5 Å². The van der Waals surface area contributed by atoms with E-state index < -0.39 is 0 Å². The molecule has 0 saturated carbocycles. The van der Waals surface area contributed by atoms with Gasteiger partial charge in [-0.3, -0.25) is 28.3 Å². The third-order valence-corrected chi connectivity index (χ3v) is 11.2. The lowest BCUT2D eigenvalue weighted by atomic mass is 9.92. The summed E-state index contributed by atoms with van der Waals surface area (Å²) in [5, 5.41) is 1.82. The first-order valence-electron chi connectivity index (χ1n) is 16.9. The number of hydrogen-bond donors (Lipinski definition) is 0. The maximum absolute atomic E-state index is 13.9. The molecule has 2 saturated heterocycles. The van der Waals surface area contributed by atoms with Gasteiger partial charge in [-0.05, 0) is 60.8 Å². The third-order valence-electron chi connectivity index (χ3n) is 9.29. The first kappa shape index (κ1) is 34.2. The molecule has 10 nitrogen and oxygen atoms in total. The number of piperidine rings is 2. The van der Waals surface area contributed by atoms with E-state index in [0.717, 1.165) is 39.0 Å². The number of rotatable bonds is 9. The van der Waals surface area contributed by atoms with E-state index in [9.17, 15) is 19.2 Å². The average Bonchev–Trinajstić information content (AvgIpc) is 3.05. The molecule has 0 aliphatic carbocycles. The fourth-order valence-electron chi connectivity index (χ4n) is 7.28. The third kappa shape index (κ3) is 7.64. The second-order valence-electron chi connectivity index (χ2n) is 13.8. The van der Waals surface area contributed by atoms with Crippen LogP contribution < -0.4 is 11.1 Å². The van der Waals surface area contributed by atoms with Gasteiger partial charge in [0.05, 0.1) is 33.3 Å². The average molecular weight is 689 g/mol. The monoisotopic (exact) mass is 688 g/mol. The number of fused-ring (bicyclic) bond motifs is 2. The molecule has 6 rings (SSSR count). The van der Waals surface area contributed by atoms with Gasteiger partial charge in [0.2, 0.25) is 11.8 Å². The predicted molar refractivity (Wildman–Crippen MR) is 193 cm³/mol. The van der Waals surface area contributed by atoms with Gasteiger partial charge in [-0.2, -0.15) is 0 Å². The topological polar surface area (TPSA) is 110 Å². The zero-order valence-corrected chi connectivity index (χ0v) is 29.8. The van der Waals surface area contributed by atoms with Gasteiger partial charge in [0.25, 0.3) is 11.1 Å². The van der Waals surface area contributed by atoms with Crippen LogP contribution in [0.4, 0.5) is 0 Å². The fourth-order valence-corrected chi connectivity index (χ4v) is 9.13. The Morgan fingerprint density at radius 3 is 1.35 bits per heavy atom. The molecule has 4 aromatic rings. The number of nitrogens with zero attached hydrogens (tertiary/aromatic N) is 6. The normalized spacial score (nSPS) is 21.6. The molecular formula is C36H44N6O4S2. The maximum Gasteiger partial charge on any atom is 0.262 e. The Morgan fingerprint density at radius 2 is 0.979 bits per heavy atom. The molecule has 254 valence electrons. The molecule has 0 radical (unpaired) electrons. The van der Waals surface area contributed by atoms with Gasteiger partial charge >= 0.3 is 0 Å². The van der Waals surface area contributed by atoms with Crippen molar-refractivity contribution in [3.05, 3.63) is 69.2 Å². The lowest BCUT2D eigenvalue weighted by molar-refractivity contribution is -0.131. The number of likely N-dealkylation sites (tertiary alicyclic amines) is 2. The van der Waals surface area contributed by atoms with Crippen molar-refractivity contribution in [2.24, 2.45) is 23.7 Å². The fraction of sp³-hybridized carbons (Fsp3) is 0.500. The number of carbonyl (C=O) groups excluding carboxylic acids is 2. The second kappa shape index (κ2) is 14.9. The van der Waals surface area contributed by atoms with Gasteiger partial charge in [0.1, 0.15) is 0 Å². The molecule has 4 atom stereocenters. The van der Waals surface area contributed by atoms with Crippen molar-refractivity contribution in [3.63, 3.8) is 0 Å². The van der Waals surface area contributed by atoms with Crippen molar-refractivity contribution in [1.82, 2.24) is 28.9 Å². The molecule has 48 heavy (non-hydrogen) atoms. The zero-order valence-electron chi connectivity index (χ0n) is 28.1. The summed E-state index contributed by atoms with van der Waals surface area (Å²) < 4.78 is 3.14.